The third-order valence-electron chi connectivity index (χ3n) is 5.24. The van der Waals surface area contributed by atoms with E-state index in [-0.39, 0.29) is 11.6 Å². The van der Waals surface area contributed by atoms with E-state index in [2.05, 4.69) is 11.5 Å². The fraction of sp³-hybridized carbons (Fsp3) is 0.333. The third kappa shape index (κ3) is 2.74. The Morgan fingerprint density at radius 2 is 1.76 bits per heavy atom. The number of ether oxygens (including phenoxy) is 1. The highest BCUT2D eigenvalue weighted by molar-refractivity contribution is 5.87. The van der Waals surface area contributed by atoms with Crippen molar-refractivity contribution < 1.29 is 13.5 Å². The molecule has 2 heterocycles. The lowest BCUT2D eigenvalue weighted by Crippen LogP contribution is -2.17. The minimum Gasteiger partial charge on any atom is -0.381 e. The van der Waals surface area contributed by atoms with Crippen molar-refractivity contribution in [1.29, 1.82) is 0 Å². The molecule has 3 aromatic rings. The van der Waals surface area contributed by atoms with Crippen LogP contribution in [0.4, 0.5) is 8.78 Å². The molecule has 130 valence electrons. The topological polar surface area (TPSA) is 14.2 Å². The van der Waals surface area contributed by atoms with Crippen molar-refractivity contribution in [3.05, 3.63) is 64.9 Å². The summed E-state index contributed by atoms with van der Waals surface area (Å²) < 4.78 is 35.3. The maximum Gasteiger partial charge on any atom is 0.126 e. The van der Waals surface area contributed by atoms with Crippen LogP contribution in [0.3, 0.4) is 0 Å². The van der Waals surface area contributed by atoms with Crippen LogP contribution in [0.2, 0.25) is 0 Å². The van der Waals surface area contributed by atoms with E-state index in [9.17, 15) is 8.78 Å². The lowest BCUT2D eigenvalue weighted by molar-refractivity contribution is 0.0841. The summed E-state index contributed by atoms with van der Waals surface area (Å²) in [6, 6.07) is 10.1. The lowest BCUT2D eigenvalue weighted by atomic mass is 9.93. The van der Waals surface area contributed by atoms with Gasteiger partial charge in [0.25, 0.3) is 0 Å². The van der Waals surface area contributed by atoms with Crippen molar-refractivity contribution in [2.45, 2.75) is 32.6 Å². The van der Waals surface area contributed by atoms with Gasteiger partial charge in [-0.05, 0) is 74.2 Å². The molecule has 0 amide bonds. The first-order valence-corrected chi connectivity index (χ1v) is 8.71. The molecule has 0 bridgehead atoms. The van der Waals surface area contributed by atoms with Gasteiger partial charge in [0.15, 0.2) is 0 Å². The SMILES string of the molecule is Cc1cc(-n2c(C3CCOCC3)c(C)c3cc(F)ccc32)ccc1F. The Morgan fingerprint density at radius 1 is 1.00 bits per heavy atom. The molecule has 2 aromatic carbocycles. The van der Waals surface area contributed by atoms with Crippen molar-refractivity contribution in [2.75, 3.05) is 13.2 Å². The predicted octanol–water partition coefficient (Wildman–Crippen LogP) is 5.42. The lowest BCUT2D eigenvalue weighted by Gasteiger charge is -2.25. The first kappa shape index (κ1) is 16.3. The van der Waals surface area contributed by atoms with Gasteiger partial charge in [-0.2, -0.15) is 0 Å². The maximum absolute atomic E-state index is 13.8. The molecule has 0 saturated carbocycles. The molecule has 0 N–H and O–H groups in total. The number of aromatic nitrogens is 1. The van der Waals surface area contributed by atoms with Gasteiger partial charge < -0.3 is 9.30 Å². The molecule has 1 aliphatic rings. The van der Waals surface area contributed by atoms with Crippen LogP contribution in [0, 0.1) is 25.5 Å². The van der Waals surface area contributed by atoms with Gasteiger partial charge in [-0.25, -0.2) is 8.78 Å². The molecule has 0 radical (unpaired) electrons. The molecule has 4 heteroatoms. The summed E-state index contributed by atoms with van der Waals surface area (Å²) in [6.45, 7) is 5.30. The molecule has 0 unspecified atom stereocenters. The van der Waals surface area contributed by atoms with E-state index >= 15 is 0 Å². The van der Waals surface area contributed by atoms with Gasteiger partial charge in [-0.3, -0.25) is 0 Å². The van der Waals surface area contributed by atoms with Gasteiger partial charge in [0, 0.05) is 35.9 Å². The summed E-state index contributed by atoms with van der Waals surface area (Å²) in [7, 11) is 0. The van der Waals surface area contributed by atoms with E-state index in [4.69, 9.17) is 4.74 Å². The third-order valence-corrected chi connectivity index (χ3v) is 5.24. The zero-order chi connectivity index (χ0) is 17.6. The van der Waals surface area contributed by atoms with Gasteiger partial charge >= 0.3 is 0 Å². The Hall–Kier alpha value is -2.20. The number of nitrogens with zero attached hydrogens (tertiary/aromatic N) is 1. The van der Waals surface area contributed by atoms with E-state index in [0.717, 1.165) is 48.2 Å². The molecule has 1 aliphatic heterocycles. The second-order valence-electron chi connectivity index (χ2n) is 6.83. The summed E-state index contributed by atoms with van der Waals surface area (Å²) in [5.41, 5.74) is 4.78. The van der Waals surface area contributed by atoms with E-state index in [1.165, 1.54) is 17.8 Å². The van der Waals surface area contributed by atoms with Crippen molar-refractivity contribution in [3.63, 3.8) is 0 Å². The Kier molecular flexibility index (Phi) is 4.08. The van der Waals surface area contributed by atoms with Gasteiger partial charge in [0.2, 0.25) is 0 Å². The standard InChI is InChI=1S/C21H21F2NO/c1-13-11-17(4-5-19(13)23)24-20-6-3-16(22)12-18(20)14(2)21(24)15-7-9-25-10-8-15/h3-6,11-12,15H,7-10H2,1-2H3. The Balaban J connectivity index is 2.01. The molecule has 1 aromatic heterocycles. The molecular formula is C21H21F2NO. The van der Waals surface area contributed by atoms with Gasteiger partial charge in [0.05, 0.1) is 5.52 Å². The van der Waals surface area contributed by atoms with Crippen molar-refractivity contribution in [1.82, 2.24) is 4.57 Å². The van der Waals surface area contributed by atoms with E-state index in [1.807, 2.05) is 12.1 Å². The van der Waals surface area contributed by atoms with Crippen LogP contribution in [0.25, 0.3) is 16.6 Å². The Morgan fingerprint density at radius 3 is 2.48 bits per heavy atom. The van der Waals surface area contributed by atoms with E-state index < -0.39 is 0 Å². The average molecular weight is 341 g/mol. The molecular weight excluding hydrogens is 320 g/mol. The van der Waals surface area contributed by atoms with Gasteiger partial charge in [-0.15, -0.1) is 0 Å². The smallest absolute Gasteiger partial charge is 0.126 e. The first-order chi connectivity index (χ1) is 12.1. The number of fused-ring (bicyclic) bond motifs is 1. The van der Waals surface area contributed by atoms with Crippen LogP contribution in [0.15, 0.2) is 36.4 Å². The average Bonchev–Trinajstić information content (AvgIpc) is 2.90. The molecule has 2 nitrogen and oxygen atoms in total. The number of hydrogen-bond donors (Lipinski definition) is 0. The molecule has 0 aliphatic carbocycles. The highest BCUT2D eigenvalue weighted by Gasteiger charge is 2.25. The van der Waals surface area contributed by atoms with Crippen LogP contribution in [0.1, 0.15) is 35.6 Å². The van der Waals surface area contributed by atoms with Crippen LogP contribution in [-0.4, -0.2) is 17.8 Å². The highest BCUT2D eigenvalue weighted by Crippen LogP contribution is 2.38. The normalized spacial score (nSPS) is 15.8. The summed E-state index contributed by atoms with van der Waals surface area (Å²) in [5.74, 6) is -0.0910. The first-order valence-electron chi connectivity index (χ1n) is 8.71. The number of benzene rings is 2. The molecule has 1 saturated heterocycles. The quantitative estimate of drug-likeness (QED) is 0.607. The molecule has 0 atom stereocenters. The molecule has 0 spiro atoms. The summed E-state index contributed by atoms with van der Waals surface area (Å²) in [4.78, 5) is 0. The minimum atomic E-state index is -0.235. The van der Waals surface area contributed by atoms with Crippen LogP contribution >= 0.6 is 0 Å². The summed E-state index contributed by atoms with van der Waals surface area (Å²) >= 11 is 0. The highest BCUT2D eigenvalue weighted by atomic mass is 19.1. The second-order valence-corrected chi connectivity index (χ2v) is 6.83. The van der Waals surface area contributed by atoms with Crippen molar-refractivity contribution in [3.8, 4) is 5.69 Å². The number of aryl methyl sites for hydroxylation is 2. The van der Waals surface area contributed by atoms with Gasteiger partial charge in [0.1, 0.15) is 11.6 Å². The van der Waals surface area contributed by atoms with Crippen LogP contribution < -0.4 is 0 Å². The summed E-state index contributed by atoms with van der Waals surface area (Å²) in [6.07, 6.45) is 1.89. The maximum atomic E-state index is 13.8. The van der Waals surface area contributed by atoms with Crippen LogP contribution in [0.5, 0.6) is 0 Å². The molecule has 1 fully saturated rings. The minimum absolute atomic E-state index is 0.212. The second kappa shape index (κ2) is 6.26. The van der Waals surface area contributed by atoms with E-state index in [1.54, 1.807) is 19.1 Å². The fourth-order valence-electron chi connectivity index (χ4n) is 3.94. The summed E-state index contributed by atoms with van der Waals surface area (Å²) in [5, 5.41) is 0.920. The monoisotopic (exact) mass is 341 g/mol. The molecule has 4 rings (SSSR count). The zero-order valence-corrected chi connectivity index (χ0v) is 14.5. The predicted molar refractivity (Wildman–Crippen MR) is 95.5 cm³/mol. The van der Waals surface area contributed by atoms with Gasteiger partial charge in [-0.1, -0.05) is 0 Å². The number of halogens is 2. The fourth-order valence-corrected chi connectivity index (χ4v) is 3.94. The van der Waals surface area contributed by atoms with Crippen molar-refractivity contribution in [2.24, 2.45) is 0 Å². The number of hydrogen-bond acceptors (Lipinski definition) is 1. The molecule has 25 heavy (non-hydrogen) atoms. The largest absolute Gasteiger partial charge is 0.381 e. The van der Waals surface area contributed by atoms with E-state index in [0.29, 0.717) is 11.5 Å². The Labute approximate surface area is 146 Å². The number of rotatable bonds is 2. The van der Waals surface area contributed by atoms with Crippen molar-refractivity contribution >= 4 is 10.9 Å². The van der Waals surface area contributed by atoms with Crippen LogP contribution in [-0.2, 0) is 4.74 Å². The Bertz CT molecular complexity index is 939. The zero-order valence-electron chi connectivity index (χ0n) is 14.5.